The van der Waals surface area contributed by atoms with Crippen molar-refractivity contribution in [3.63, 3.8) is 0 Å². The van der Waals surface area contributed by atoms with Gasteiger partial charge in [-0.25, -0.2) is 0 Å². The molecule has 0 aliphatic rings. The van der Waals surface area contributed by atoms with Crippen molar-refractivity contribution in [1.29, 1.82) is 0 Å². The van der Waals surface area contributed by atoms with E-state index in [-0.39, 0.29) is 28.3 Å². The van der Waals surface area contributed by atoms with Gasteiger partial charge in [-0.3, -0.25) is 9.59 Å². The number of aryl methyl sites for hydroxylation is 1. The molecule has 0 saturated carbocycles. The molecular formula is C20H20O5. The van der Waals surface area contributed by atoms with Crippen molar-refractivity contribution in [3.05, 3.63) is 44.8 Å². The van der Waals surface area contributed by atoms with E-state index < -0.39 is 0 Å². The Hall–Kier alpha value is -2.96. The highest BCUT2D eigenvalue weighted by molar-refractivity contribution is 5.94. The van der Waals surface area contributed by atoms with Gasteiger partial charge in [0, 0.05) is 6.92 Å². The van der Waals surface area contributed by atoms with Crippen LogP contribution in [0.3, 0.4) is 0 Å². The molecule has 1 aromatic carbocycles. The Kier molecular flexibility index (Phi) is 6.22. The van der Waals surface area contributed by atoms with E-state index in [1.807, 2.05) is 19.9 Å². The topological polar surface area (TPSA) is 81.4 Å². The van der Waals surface area contributed by atoms with Crippen molar-refractivity contribution in [2.75, 3.05) is 0 Å². The summed E-state index contributed by atoms with van der Waals surface area (Å²) in [5, 5.41) is 0.561. The van der Waals surface area contributed by atoms with Gasteiger partial charge in [0.1, 0.15) is 17.4 Å². The molecule has 130 valence electrons. The fourth-order valence-corrected chi connectivity index (χ4v) is 2.69. The molecule has 1 aromatic heterocycles. The molecule has 2 rings (SSSR count). The molecule has 0 radical (unpaired) electrons. The van der Waals surface area contributed by atoms with Crippen molar-refractivity contribution >= 4 is 22.9 Å². The van der Waals surface area contributed by atoms with Gasteiger partial charge >= 0.3 is 6.15 Å². The van der Waals surface area contributed by atoms with Crippen LogP contribution in [-0.4, -0.2) is 11.9 Å². The molecule has 0 saturated heterocycles. The minimum Gasteiger partial charge on any atom is -0.463 e. The van der Waals surface area contributed by atoms with Crippen LogP contribution in [0, 0.1) is 25.7 Å². The van der Waals surface area contributed by atoms with E-state index in [9.17, 15) is 9.59 Å². The van der Waals surface area contributed by atoms with E-state index in [2.05, 4.69) is 32.6 Å². The van der Waals surface area contributed by atoms with Crippen LogP contribution in [-0.2, 0) is 19.8 Å². The molecule has 0 bridgehead atoms. The van der Waals surface area contributed by atoms with Crippen molar-refractivity contribution in [3.8, 4) is 11.8 Å². The molecule has 5 heteroatoms. The fourth-order valence-electron chi connectivity index (χ4n) is 2.69. The van der Waals surface area contributed by atoms with Crippen molar-refractivity contribution < 1.29 is 18.8 Å². The Morgan fingerprint density at radius 2 is 1.72 bits per heavy atom. The number of hydrogen-bond acceptors (Lipinski definition) is 5. The smallest absolute Gasteiger partial charge is 0.373 e. The second-order valence-corrected chi connectivity index (χ2v) is 6.68. The van der Waals surface area contributed by atoms with Gasteiger partial charge in [0.2, 0.25) is 11.2 Å². The molecule has 0 spiro atoms. The van der Waals surface area contributed by atoms with Crippen LogP contribution >= 0.6 is 0 Å². The fraction of sp³-hybridized carbons (Fsp3) is 0.350. The number of hydrogen-bond donors (Lipinski definition) is 0. The summed E-state index contributed by atoms with van der Waals surface area (Å²) in [7, 11) is 0. The number of ketones is 1. The lowest BCUT2D eigenvalue weighted by molar-refractivity contribution is -0.191. The number of rotatable bonds is 0. The lowest BCUT2D eigenvalue weighted by Gasteiger charge is -2.24. The molecule has 2 aromatic rings. The average Bonchev–Trinajstić information content (AvgIpc) is 2.48. The summed E-state index contributed by atoms with van der Waals surface area (Å²) in [4.78, 5) is 40.1. The summed E-state index contributed by atoms with van der Waals surface area (Å²) >= 11 is 0. The quantitative estimate of drug-likeness (QED) is 0.689. The van der Waals surface area contributed by atoms with E-state index in [1.165, 1.54) is 13.2 Å². The first-order valence-corrected chi connectivity index (χ1v) is 7.62. The summed E-state index contributed by atoms with van der Waals surface area (Å²) in [6.45, 7) is 11.6. The molecule has 0 amide bonds. The van der Waals surface area contributed by atoms with Gasteiger partial charge in [0.25, 0.3) is 0 Å². The third-order valence-corrected chi connectivity index (χ3v) is 3.71. The predicted molar refractivity (Wildman–Crippen MR) is 93.2 cm³/mol. The van der Waals surface area contributed by atoms with Crippen LogP contribution in [0.25, 0.3) is 11.0 Å². The van der Waals surface area contributed by atoms with Crippen LogP contribution in [0.2, 0.25) is 0 Å². The van der Waals surface area contributed by atoms with Crippen LogP contribution in [0.5, 0.6) is 0 Å². The zero-order valence-electron chi connectivity index (χ0n) is 15.2. The van der Waals surface area contributed by atoms with Crippen LogP contribution in [0.4, 0.5) is 0 Å². The van der Waals surface area contributed by atoms with Gasteiger partial charge < -0.3 is 4.42 Å². The number of carbonyl (C=O) groups is 1. The number of benzene rings is 1. The summed E-state index contributed by atoms with van der Waals surface area (Å²) in [5.41, 5.74) is 3.55. The van der Waals surface area contributed by atoms with Crippen LogP contribution in [0.1, 0.15) is 49.9 Å². The van der Waals surface area contributed by atoms with Gasteiger partial charge in [0.05, 0.1) is 5.39 Å². The monoisotopic (exact) mass is 340 g/mol. The molecule has 0 fully saturated rings. The highest BCUT2D eigenvalue weighted by Gasteiger charge is 2.24. The Morgan fingerprint density at radius 3 is 2.20 bits per heavy atom. The Bertz CT molecular complexity index is 970. The van der Waals surface area contributed by atoms with Crippen molar-refractivity contribution in [2.45, 2.75) is 47.0 Å². The van der Waals surface area contributed by atoms with Gasteiger partial charge in [-0.1, -0.05) is 26.7 Å². The summed E-state index contributed by atoms with van der Waals surface area (Å²) in [6, 6.07) is 1.88. The first kappa shape index (κ1) is 20.1. The second kappa shape index (κ2) is 7.74. The molecule has 0 atom stereocenters. The van der Waals surface area contributed by atoms with Crippen LogP contribution in [0.15, 0.2) is 21.5 Å². The maximum Gasteiger partial charge on any atom is 0.373 e. The minimum atomic E-state index is -0.282. The second-order valence-electron chi connectivity index (χ2n) is 6.68. The highest BCUT2D eigenvalue weighted by atomic mass is 16.3. The maximum absolute atomic E-state index is 12.8. The predicted octanol–water partition coefficient (Wildman–Crippen LogP) is 3.06. The summed E-state index contributed by atoms with van der Waals surface area (Å²) in [5.74, 6) is 4.73. The molecular weight excluding hydrogens is 320 g/mol. The van der Waals surface area contributed by atoms with E-state index in [0.29, 0.717) is 11.0 Å². The molecule has 0 aliphatic heterocycles. The maximum atomic E-state index is 12.8. The molecule has 1 heterocycles. The van der Waals surface area contributed by atoms with E-state index in [1.54, 1.807) is 0 Å². The van der Waals surface area contributed by atoms with Crippen molar-refractivity contribution in [2.24, 2.45) is 0 Å². The zero-order valence-corrected chi connectivity index (χ0v) is 15.2. The van der Waals surface area contributed by atoms with E-state index in [0.717, 1.165) is 16.7 Å². The van der Waals surface area contributed by atoms with Gasteiger partial charge in [0.15, 0.2) is 0 Å². The molecule has 0 aliphatic carbocycles. The van der Waals surface area contributed by atoms with E-state index >= 15 is 0 Å². The zero-order chi connectivity index (χ0) is 19.4. The SMILES string of the molecule is CC(=O)C#Cc1coc2cc(C)c(C)c(C(C)(C)C)c2c1=O.O=C=O. The number of carbonyl (C=O) groups excluding carboxylic acids is 3. The standard InChI is InChI=1S/C19H20O3.CO2/c1-11-9-15-16(17(13(11)3)19(4,5)6)18(21)14(10-22-15)8-7-12(2)20;2-1-3/h9-10H,1-6H3;. The lowest BCUT2D eigenvalue weighted by Crippen LogP contribution is -2.19. The third-order valence-electron chi connectivity index (χ3n) is 3.71. The van der Waals surface area contributed by atoms with E-state index in [4.69, 9.17) is 14.0 Å². The number of fused-ring (bicyclic) bond motifs is 1. The lowest BCUT2D eigenvalue weighted by atomic mass is 9.80. The highest BCUT2D eigenvalue weighted by Crippen LogP contribution is 2.33. The molecule has 0 N–H and O–H groups in total. The largest absolute Gasteiger partial charge is 0.463 e. The Morgan fingerprint density at radius 1 is 1.16 bits per heavy atom. The minimum absolute atomic E-state index is 0.178. The molecule has 25 heavy (non-hydrogen) atoms. The normalized spacial score (nSPS) is 10.2. The Labute approximate surface area is 146 Å². The van der Waals surface area contributed by atoms with Gasteiger partial charge in [-0.15, -0.1) is 0 Å². The molecule has 0 unspecified atom stereocenters. The summed E-state index contributed by atoms with van der Waals surface area (Å²) in [6.07, 6.45) is 1.59. The number of Topliss-reactive ketones (excluding diaryl/α,β-unsaturated/α-hetero) is 1. The first-order chi connectivity index (χ1) is 11.5. The third kappa shape index (κ3) is 4.53. The Balaban J connectivity index is 0.000000970. The summed E-state index contributed by atoms with van der Waals surface area (Å²) < 4.78 is 5.61. The van der Waals surface area contributed by atoms with Crippen molar-refractivity contribution in [1.82, 2.24) is 0 Å². The molecule has 5 nitrogen and oxygen atoms in total. The van der Waals surface area contributed by atoms with Gasteiger partial charge in [-0.05, 0) is 47.9 Å². The van der Waals surface area contributed by atoms with Gasteiger partial charge in [-0.2, -0.15) is 9.59 Å². The van der Waals surface area contributed by atoms with Crippen LogP contribution < -0.4 is 5.43 Å². The first-order valence-electron chi connectivity index (χ1n) is 7.62. The average molecular weight is 340 g/mol.